The molecule has 94 valence electrons. The third-order valence-electron chi connectivity index (χ3n) is 2.85. The molecule has 0 aliphatic rings. The number of rotatable bonds is 3. The van der Waals surface area contributed by atoms with Crippen molar-refractivity contribution >= 4 is 27.3 Å². The zero-order chi connectivity index (χ0) is 13.1. The third kappa shape index (κ3) is 2.82. The minimum Gasteiger partial charge on any atom is -0.398 e. The lowest BCUT2D eigenvalue weighted by atomic mass is 10.1. The van der Waals surface area contributed by atoms with Crippen LogP contribution in [0.2, 0.25) is 0 Å². The molecule has 0 heterocycles. The highest BCUT2D eigenvalue weighted by Gasteiger charge is 2.05. The van der Waals surface area contributed by atoms with Gasteiger partial charge in [-0.15, -0.1) is 0 Å². The fraction of sp³-hybridized carbons (Fsp3) is 0.143. The van der Waals surface area contributed by atoms with Crippen LogP contribution in [-0.2, 0) is 6.54 Å². The summed E-state index contributed by atoms with van der Waals surface area (Å²) in [4.78, 5) is 0. The van der Waals surface area contributed by atoms with Crippen LogP contribution < -0.4 is 11.1 Å². The lowest BCUT2D eigenvalue weighted by Crippen LogP contribution is -2.04. The first kappa shape index (κ1) is 12.9. The highest BCUT2D eigenvalue weighted by molar-refractivity contribution is 9.10. The molecule has 2 rings (SSSR count). The van der Waals surface area contributed by atoms with Crippen molar-refractivity contribution in [2.24, 2.45) is 0 Å². The quantitative estimate of drug-likeness (QED) is 0.838. The molecule has 0 saturated heterocycles. The Hall–Kier alpha value is -1.55. The van der Waals surface area contributed by atoms with Gasteiger partial charge in [-0.3, -0.25) is 0 Å². The molecule has 18 heavy (non-hydrogen) atoms. The summed E-state index contributed by atoms with van der Waals surface area (Å²) in [5, 5.41) is 3.20. The van der Waals surface area contributed by atoms with Crippen molar-refractivity contribution in [1.82, 2.24) is 0 Å². The van der Waals surface area contributed by atoms with Crippen molar-refractivity contribution in [1.29, 1.82) is 0 Å². The van der Waals surface area contributed by atoms with E-state index in [-0.39, 0.29) is 5.82 Å². The lowest BCUT2D eigenvalue weighted by molar-refractivity contribution is 0.612. The molecular formula is C14H14BrFN2. The smallest absolute Gasteiger partial charge is 0.128 e. The number of hydrogen-bond donors (Lipinski definition) is 2. The van der Waals surface area contributed by atoms with Crippen molar-refractivity contribution in [2.75, 3.05) is 11.1 Å². The number of anilines is 2. The van der Waals surface area contributed by atoms with E-state index in [0.29, 0.717) is 12.1 Å². The molecule has 2 aromatic carbocycles. The van der Waals surface area contributed by atoms with Gasteiger partial charge in [-0.1, -0.05) is 22.0 Å². The van der Waals surface area contributed by atoms with Crippen LogP contribution in [0.1, 0.15) is 11.1 Å². The largest absolute Gasteiger partial charge is 0.398 e. The van der Waals surface area contributed by atoms with E-state index in [1.165, 1.54) is 6.07 Å². The first-order valence-corrected chi connectivity index (χ1v) is 6.40. The van der Waals surface area contributed by atoms with Gasteiger partial charge in [-0.25, -0.2) is 4.39 Å². The zero-order valence-electron chi connectivity index (χ0n) is 10.0. The highest BCUT2D eigenvalue weighted by Crippen LogP contribution is 2.22. The minimum atomic E-state index is -0.216. The van der Waals surface area contributed by atoms with Gasteiger partial charge in [0.25, 0.3) is 0 Å². The van der Waals surface area contributed by atoms with Gasteiger partial charge < -0.3 is 11.1 Å². The lowest BCUT2D eigenvalue weighted by Gasteiger charge is -2.12. The van der Waals surface area contributed by atoms with Gasteiger partial charge in [0.1, 0.15) is 5.82 Å². The molecule has 0 aromatic heterocycles. The second-order valence-corrected chi connectivity index (χ2v) is 5.02. The van der Waals surface area contributed by atoms with Crippen molar-refractivity contribution in [3.05, 3.63) is 57.8 Å². The van der Waals surface area contributed by atoms with Crippen LogP contribution in [0, 0.1) is 12.7 Å². The SMILES string of the molecule is Cc1c(N)cccc1NCc1cc(Br)ccc1F. The molecule has 0 amide bonds. The molecule has 4 heteroatoms. The van der Waals surface area contributed by atoms with E-state index < -0.39 is 0 Å². The van der Waals surface area contributed by atoms with Crippen LogP contribution in [0.15, 0.2) is 40.9 Å². The van der Waals surface area contributed by atoms with Crippen molar-refractivity contribution in [2.45, 2.75) is 13.5 Å². The van der Waals surface area contributed by atoms with Gasteiger partial charge in [0, 0.05) is 28.0 Å². The summed E-state index contributed by atoms with van der Waals surface area (Å²) >= 11 is 3.33. The molecule has 0 fully saturated rings. The summed E-state index contributed by atoms with van der Waals surface area (Å²) in [5.74, 6) is -0.216. The van der Waals surface area contributed by atoms with Crippen LogP contribution in [-0.4, -0.2) is 0 Å². The maximum atomic E-state index is 13.6. The molecule has 0 radical (unpaired) electrons. The van der Waals surface area contributed by atoms with Crippen molar-refractivity contribution in [3.8, 4) is 0 Å². The van der Waals surface area contributed by atoms with E-state index >= 15 is 0 Å². The molecular weight excluding hydrogens is 295 g/mol. The first-order valence-electron chi connectivity index (χ1n) is 5.61. The van der Waals surface area contributed by atoms with E-state index in [9.17, 15) is 4.39 Å². The van der Waals surface area contributed by atoms with E-state index in [1.54, 1.807) is 12.1 Å². The second-order valence-electron chi connectivity index (χ2n) is 4.11. The number of nitrogens with two attached hydrogens (primary N) is 1. The molecule has 2 nitrogen and oxygen atoms in total. The van der Waals surface area contributed by atoms with Crippen LogP contribution in [0.25, 0.3) is 0 Å². The van der Waals surface area contributed by atoms with Crippen molar-refractivity contribution in [3.63, 3.8) is 0 Å². The van der Waals surface area contributed by atoms with E-state index in [4.69, 9.17) is 5.73 Å². The Morgan fingerprint density at radius 1 is 1.28 bits per heavy atom. The fourth-order valence-corrected chi connectivity index (χ4v) is 2.12. The summed E-state index contributed by atoms with van der Waals surface area (Å²) < 4.78 is 14.4. The van der Waals surface area contributed by atoms with Crippen LogP contribution in [0.5, 0.6) is 0 Å². The monoisotopic (exact) mass is 308 g/mol. The Balaban J connectivity index is 2.16. The average molecular weight is 309 g/mol. The second kappa shape index (κ2) is 5.40. The maximum absolute atomic E-state index is 13.6. The Morgan fingerprint density at radius 3 is 2.83 bits per heavy atom. The Labute approximate surface area is 114 Å². The average Bonchev–Trinajstić information content (AvgIpc) is 2.35. The first-order chi connectivity index (χ1) is 8.58. The zero-order valence-corrected chi connectivity index (χ0v) is 11.6. The van der Waals surface area contributed by atoms with Crippen LogP contribution in [0.3, 0.4) is 0 Å². The normalized spacial score (nSPS) is 10.4. The van der Waals surface area contributed by atoms with Crippen LogP contribution in [0.4, 0.5) is 15.8 Å². The highest BCUT2D eigenvalue weighted by atomic mass is 79.9. The molecule has 2 aromatic rings. The van der Waals surface area contributed by atoms with E-state index in [0.717, 1.165) is 21.4 Å². The number of halogens is 2. The molecule has 3 N–H and O–H groups in total. The topological polar surface area (TPSA) is 38.0 Å². The Kier molecular flexibility index (Phi) is 3.87. The van der Waals surface area contributed by atoms with Crippen LogP contribution >= 0.6 is 15.9 Å². The van der Waals surface area contributed by atoms with Gasteiger partial charge in [-0.05, 0) is 42.8 Å². The number of nitrogen functional groups attached to an aromatic ring is 1. The maximum Gasteiger partial charge on any atom is 0.128 e. The molecule has 0 unspecified atom stereocenters. The fourth-order valence-electron chi connectivity index (χ4n) is 1.71. The molecule has 0 spiro atoms. The van der Waals surface area contributed by atoms with Gasteiger partial charge in [0.15, 0.2) is 0 Å². The van der Waals surface area contributed by atoms with Crippen molar-refractivity contribution < 1.29 is 4.39 Å². The summed E-state index contributed by atoms with van der Waals surface area (Å²) in [6.45, 7) is 2.37. The van der Waals surface area contributed by atoms with Gasteiger partial charge in [-0.2, -0.15) is 0 Å². The molecule has 0 aliphatic carbocycles. The van der Waals surface area contributed by atoms with Gasteiger partial charge >= 0.3 is 0 Å². The number of benzene rings is 2. The minimum absolute atomic E-state index is 0.216. The molecule has 0 bridgehead atoms. The Morgan fingerprint density at radius 2 is 2.06 bits per heavy atom. The predicted molar refractivity (Wildman–Crippen MR) is 77.0 cm³/mol. The van der Waals surface area contributed by atoms with Gasteiger partial charge in [0.2, 0.25) is 0 Å². The summed E-state index contributed by atoms with van der Waals surface area (Å²) in [6, 6.07) is 10.6. The molecule has 0 aliphatic heterocycles. The number of nitrogens with one attached hydrogen (secondary N) is 1. The summed E-state index contributed by atoms with van der Waals surface area (Å²) in [7, 11) is 0. The van der Waals surface area contributed by atoms with E-state index in [2.05, 4.69) is 21.2 Å². The van der Waals surface area contributed by atoms with E-state index in [1.807, 2.05) is 25.1 Å². The molecule has 0 saturated carbocycles. The number of hydrogen-bond acceptors (Lipinski definition) is 2. The Bertz CT molecular complexity index is 568. The third-order valence-corrected chi connectivity index (χ3v) is 3.35. The molecule has 0 atom stereocenters. The predicted octanol–water partition coefficient (Wildman–Crippen LogP) is 4.09. The van der Waals surface area contributed by atoms with Gasteiger partial charge in [0.05, 0.1) is 0 Å². The summed E-state index contributed by atoms with van der Waals surface area (Å²) in [5.41, 5.74) is 9.07. The summed E-state index contributed by atoms with van der Waals surface area (Å²) in [6.07, 6.45) is 0. The standard InChI is InChI=1S/C14H14BrFN2/c1-9-13(17)3-2-4-14(9)18-8-10-7-11(15)5-6-12(10)16/h2-7,18H,8,17H2,1H3.